The van der Waals surface area contributed by atoms with Gasteiger partial charge in [-0.1, -0.05) is 22.0 Å². The number of benzene rings is 1. The molecule has 0 atom stereocenters. The molecule has 0 fully saturated rings. The van der Waals surface area contributed by atoms with Gasteiger partial charge in [0.1, 0.15) is 6.54 Å². The van der Waals surface area contributed by atoms with E-state index in [9.17, 15) is 4.79 Å². The Bertz CT molecular complexity index is 480. The summed E-state index contributed by atoms with van der Waals surface area (Å²) in [5.74, 6) is 0.0445. The smallest absolute Gasteiger partial charge is 0.246 e. The molecular formula is C14H21BrN4O2. The standard InChI is InChI=1S/C14H21BrN4O2/c1-2-21-8-4-7-17-14(16)18-10-13(20)19-12-6-3-5-11(15)9-12/h3,5-6,9H,2,4,7-8,10H2,1H3,(H,19,20)(H3,16,17,18). The fourth-order valence-electron chi connectivity index (χ4n) is 1.51. The molecule has 0 aromatic heterocycles. The molecule has 0 unspecified atom stereocenters. The average Bonchev–Trinajstić information content (AvgIpc) is 2.45. The lowest BCUT2D eigenvalue weighted by Crippen LogP contribution is -2.34. The molecule has 4 N–H and O–H groups in total. The summed E-state index contributed by atoms with van der Waals surface area (Å²) >= 11 is 3.34. The second kappa shape index (κ2) is 10.2. The number of guanidine groups is 1. The predicted molar refractivity (Wildman–Crippen MR) is 88.4 cm³/mol. The first-order chi connectivity index (χ1) is 10.1. The molecule has 7 heteroatoms. The Kier molecular flexibility index (Phi) is 8.45. The van der Waals surface area contributed by atoms with Gasteiger partial charge in [0, 0.05) is 29.9 Å². The minimum Gasteiger partial charge on any atom is -0.382 e. The van der Waals surface area contributed by atoms with E-state index in [-0.39, 0.29) is 18.4 Å². The highest BCUT2D eigenvalue weighted by Gasteiger charge is 2.02. The largest absolute Gasteiger partial charge is 0.382 e. The maximum Gasteiger partial charge on any atom is 0.246 e. The summed E-state index contributed by atoms with van der Waals surface area (Å²) in [5, 5.41) is 5.67. The van der Waals surface area contributed by atoms with Gasteiger partial charge in [-0.2, -0.15) is 0 Å². The van der Waals surface area contributed by atoms with Crippen molar-refractivity contribution in [1.29, 1.82) is 0 Å². The molecule has 0 saturated heterocycles. The molecule has 1 rings (SSSR count). The summed E-state index contributed by atoms with van der Waals surface area (Å²) in [7, 11) is 0. The number of nitrogens with one attached hydrogen (secondary N) is 2. The second-order valence-electron chi connectivity index (χ2n) is 4.24. The summed E-state index contributed by atoms with van der Waals surface area (Å²) in [4.78, 5) is 15.7. The Morgan fingerprint density at radius 2 is 2.29 bits per heavy atom. The molecule has 1 amide bonds. The molecular weight excluding hydrogens is 336 g/mol. The third-order valence-electron chi connectivity index (χ3n) is 2.48. The van der Waals surface area contributed by atoms with Crippen LogP contribution in [-0.4, -0.2) is 38.2 Å². The summed E-state index contributed by atoms with van der Waals surface area (Å²) in [5.41, 5.74) is 6.38. The van der Waals surface area contributed by atoms with Crippen molar-refractivity contribution in [2.45, 2.75) is 13.3 Å². The van der Waals surface area contributed by atoms with Gasteiger partial charge < -0.3 is 21.1 Å². The van der Waals surface area contributed by atoms with Gasteiger partial charge in [-0.25, -0.2) is 4.99 Å². The van der Waals surface area contributed by atoms with Crippen molar-refractivity contribution < 1.29 is 9.53 Å². The normalized spacial score (nSPS) is 11.2. The van der Waals surface area contributed by atoms with Crippen LogP contribution in [-0.2, 0) is 9.53 Å². The lowest BCUT2D eigenvalue weighted by molar-refractivity contribution is -0.114. The fraction of sp³-hybridized carbons (Fsp3) is 0.429. The van der Waals surface area contributed by atoms with E-state index < -0.39 is 0 Å². The third kappa shape index (κ3) is 8.31. The molecule has 21 heavy (non-hydrogen) atoms. The van der Waals surface area contributed by atoms with Crippen molar-refractivity contribution in [2.24, 2.45) is 10.7 Å². The molecule has 6 nitrogen and oxygen atoms in total. The van der Waals surface area contributed by atoms with Crippen LogP contribution in [0.3, 0.4) is 0 Å². The number of amides is 1. The first-order valence-corrected chi connectivity index (χ1v) is 7.58. The zero-order valence-electron chi connectivity index (χ0n) is 12.1. The summed E-state index contributed by atoms with van der Waals surface area (Å²) in [6.07, 6.45) is 0.842. The van der Waals surface area contributed by atoms with E-state index >= 15 is 0 Å². The summed E-state index contributed by atoms with van der Waals surface area (Å²) in [6, 6.07) is 7.36. The van der Waals surface area contributed by atoms with Crippen LogP contribution < -0.4 is 16.4 Å². The van der Waals surface area contributed by atoms with Gasteiger partial charge in [-0.15, -0.1) is 0 Å². The Morgan fingerprint density at radius 3 is 3.00 bits per heavy atom. The van der Waals surface area contributed by atoms with E-state index in [0.717, 1.165) is 10.9 Å². The van der Waals surface area contributed by atoms with Crippen LogP contribution in [0.25, 0.3) is 0 Å². The van der Waals surface area contributed by atoms with Crippen LogP contribution in [0, 0.1) is 0 Å². The Hall–Kier alpha value is -1.60. The third-order valence-corrected chi connectivity index (χ3v) is 2.97. The molecule has 0 aliphatic heterocycles. The van der Waals surface area contributed by atoms with E-state index in [1.807, 2.05) is 31.2 Å². The highest BCUT2D eigenvalue weighted by atomic mass is 79.9. The minimum absolute atomic E-state index is 0.0171. The molecule has 0 bridgehead atoms. The van der Waals surface area contributed by atoms with Gasteiger partial charge in [0.15, 0.2) is 5.96 Å². The number of nitrogens with zero attached hydrogens (tertiary/aromatic N) is 1. The monoisotopic (exact) mass is 356 g/mol. The number of hydrogen-bond acceptors (Lipinski definition) is 3. The molecule has 0 heterocycles. The zero-order valence-corrected chi connectivity index (χ0v) is 13.6. The highest BCUT2D eigenvalue weighted by Crippen LogP contribution is 2.15. The maximum atomic E-state index is 11.7. The molecule has 1 aromatic rings. The van der Waals surface area contributed by atoms with Gasteiger partial charge in [0.25, 0.3) is 0 Å². The lowest BCUT2D eigenvalue weighted by atomic mass is 10.3. The Morgan fingerprint density at radius 1 is 1.48 bits per heavy atom. The van der Waals surface area contributed by atoms with Crippen LogP contribution >= 0.6 is 15.9 Å². The van der Waals surface area contributed by atoms with Gasteiger partial charge >= 0.3 is 0 Å². The number of nitrogens with two attached hydrogens (primary N) is 1. The van der Waals surface area contributed by atoms with Crippen LogP contribution in [0.15, 0.2) is 33.7 Å². The summed E-state index contributed by atoms with van der Waals surface area (Å²) in [6.45, 7) is 3.99. The number of ether oxygens (including phenoxy) is 1. The molecule has 1 aromatic carbocycles. The number of carbonyl (C=O) groups excluding carboxylic acids is 1. The lowest BCUT2D eigenvalue weighted by Gasteiger charge is -2.06. The number of rotatable bonds is 8. The number of carbonyl (C=O) groups is 1. The first kappa shape index (κ1) is 17.5. The van der Waals surface area contributed by atoms with Crippen molar-refractivity contribution in [2.75, 3.05) is 31.6 Å². The van der Waals surface area contributed by atoms with Crippen molar-refractivity contribution >= 4 is 33.5 Å². The number of aliphatic imine (C=N–C) groups is 1. The van der Waals surface area contributed by atoms with Crippen LogP contribution in [0.1, 0.15) is 13.3 Å². The second-order valence-corrected chi connectivity index (χ2v) is 5.15. The van der Waals surface area contributed by atoms with Crippen molar-refractivity contribution in [3.05, 3.63) is 28.7 Å². The van der Waals surface area contributed by atoms with E-state index in [0.29, 0.717) is 25.4 Å². The van der Waals surface area contributed by atoms with Gasteiger partial charge in [0.2, 0.25) is 5.91 Å². The Labute approximate surface area is 133 Å². The molecule has 0 spiro atoms. The number of anilines is 1. The molecule has 0 radical (unpaired) electrons. The average molecular weight is 357 g/mol. The van der Waals surface area contributed by atoms with E-state index in [1.165, 1.54) is 0 Å². The van der Waals surface area contributed by atoms with E-state index in [2.05, 4.69) is 31.6 Å². The van der Waals surface area contributed by atoms with E-state index in [4.69, 9.17) is 10.5 Å². The van der Waals surface area contributed by atoms with Gasteiger partial charge in [0.05, 0.1) is 0 Å². The number of halogens is 1. The van der Waals surface area contributed by atoms with Crippen LogP contribution in [0.2, 0.25) is 0 Å². The molecule has 0 saturated carbocycles. The van der Waals surface area contributed by atoms with E-state index in [1.54, 1.807) is 0 Å². The maximum absolute atomic E-state index is 11.7. The quantitative estimate of drug-likeness (QED) is 0.376. The van der Waals surface area contributed by atoms with Crippen LogP contribution in [0.4, 0.5) is 5.69 Å². The SMILES string of the molecule is CCOCCCNC(N)=NCC(=O)Nc1cccc(Br)c1. The van der Waals surface area contributed by atoms with Gasteiger partial charge in [-0.05, 0) is 31.5 Å². The Balaban J connectivity index is 2.26. The van der Waals surface area contributed by atoms with Crippen LogP contribution in [0.5, 0.6) is 0 Å². The summed E-state index contributed by atoms with van der Waals surface area (Å²) < 4.78 is 6.10. The van der Waals surface area contributed by atoms with Crippen molar-refractivity contribution in [3.8, 4) is 0 Å². The zero-order chi connectivity index (χ0) is 15.5. The first-order valence-electron chi connectivity index (χ1n) is 6.78. The fourth-order valence-corrected chi connectivity index (χ4v) is 1.91. The topological polar surface area (TPSA) is 88.7 Å². The highest BCUT2D eigenvalue weighted by molar-refractivity contribution is 9.10. The molecule has 0 aliphatic rings. The van der Waals surface area contributed by atoms with Crippen molar-refractivity contribution in [3.63, 3.8) is 0 Å². The van der Waals surface area contributed by atoms with Gasteiger partial charge in [-0.3, -0.25) is 4.79 Å². The minimum atomic E-state index is -0.216. The van der Waals surface area contributed by atoms with Crippen molar-refractivity contribution in [1.82, 2.24) is 5.32 Å². The molecule has 0 aliphatic carbocycles. The predicted octanol–water partition coefficient (Wildman–Crippen LogP) is 1.72. The molecule has 116 valence electrons. The number of hydrogen-bond donors (Lipinski definition) is 3.